The first kappa shape index (κ1) is 11.0. The number of rotatable bonds is 1. The van der Waals surface area contributed by atoms with Crippen LogP contribution >= 0.6 is 0 Å². The third kappa shape index (κ3) is 1.65. The smallest absolute Gasteiger partial charge is 0.0407 e. The van der Waals surface area contributed by atoms with Gasteiger partial charge in [0.05, 0.1) is 0 Å². The lowest BCUT2D eigenvalue weighted by atomic mass is 9.73. The second kappa shape index (κ2) is 3.80. The number of benzene rings is 1. The summed E-state index contributed by atoms with van der Waals surface area (Å²) in [7, 11) is 0. The summed E-state index contributed by atoms with van der Waals surface area (Å²) in [6.07, 6.45) is 3.99. The molecule has 16 heavy (non-hydrogen) atoms. The van der Waals surface area contributed by atoms with E-state index < -0.39 is 0 Å². The molecular weight excluding hydrogens is 196 g/mol. The van der Waals surface area contributed by atoms with E-state index in [2.05, 4.69) is 26.0 Å². The van der Waals surface area contributed by atoms with Crippen molar-refractivity contribution in [2.45, 2.75) is 19.9 Å². The molecule has 0 amide bonds. The van der Waals surface area contributed by atoms with Gasteiger partial charge in [-0.25, -0.2) is 0 Å². The highest BCUT2D eigenvalue weighted by molar-refractivity contribution is 5.73. The van der Waals surface area contributed by atoms with Crippen molar-refractivity contribution < 1.29 is 0 Å². The van der Waals surface area contributed by atoms with Gasteiger partial charge in [-0.3, -0.25) is 0 Å². The van der Waals surface area contributed by atoms with Gasteiger partial charge in [0.15, 0.2) is 0 Å². The van der Waals surface area contributed by atoms with Crippen LogP contribution in [-0.4, -0.2) is 6.04 Å². The summed E-state index contributed by atoms with van der Waals surface area (Å²) in [6.45, 7) is 4.17. The largest absolute Gasteiger partial charge is 0.402 e. The highest BCUT2D eigenvalue weighted by Gasteiger charge is 2.34. The fraction of sp³-hybridized carbons (Fsp3) is 0.286. The van der Waals surface area contributed by atoms with E-state index in [4.69, 9.17) is 11.5 Å². The fourth-order valence-corrected chi connectivity index (χ4v) is 1.97. The van der Waals surface area contributed by atoms with Crippen LogP contribution in [0.15, 0.2) is 48.2 Å². The Hall–Kier alpha value is -1.54. The molecule has 1 aromatic carbocycles. The van der Waals surface area contributed by atoms with Crippen molar-refractivity contribution in [3.63, 3.8) is 0 Å². The standard InChI is InChI=1S/C14H18N2/c1-14(2)12(15)9-8-11(13(14)16)10-6-4-3-5-7-10/h3-9,13H,15-16H2,1-2H3. The van der Waals surface area contributed by atoms with Crippen molar-refractivity contribution >= 4 is 5.57 Å². The Labute approximate surface area is 96.6 Å². The number of hydrogen-bond donors (Lipinski definition) is 2. The molecule has 0 spiro atoms. The molecular formula is C14H18N2. The summed E-state index contributed by atoms with van der Waals surface area (Å²) in [4.78, 5) is 0. The van der Waals surface area contributed by atoms with Crippen molar-refractivity contribution in [2.75, 3.05) is 0 Å². The predicted octanol–water partition coefficient (Wildman–Crippen LogP) is 2.28. The van der Waals surface area contributed by atoms with Gasteiger partial charge in [0, 0.05) is 17.2 Å². The Morgan fingerprint density at radius 1 is 1.06 bits per heavy atom. The molecule has 2 heteroatoms. The van der Waals surface area contributed by atoms with Crippen molar-refractivity contribution in [3.05, 3.63) is 53.7 Å². The minimum Gasteiger partial charge on any atom is -0.402 e. The highest BCUT2D eigenvalue weighted by atomic mass is 14.8. The predicted molar refractivity (Wildman–Crippen MR) is 68.4 cm³/mol. The maximum atomic E-state index is 6.29. The van der Waals surface area contributed by atoms with Crippen molar-refractivity contribution in [3.8, 4) is 0 Å². The van der Waals surface area contributed by atoms with Gasteiger partial charge in [-0.15, -0.1) is 0 Å². The lowest BCUT2D eigenvalue weighted by molar-refractivity contribution is 0.395. The summed E-state index contributed by atoms with van der Waals surface area (Å²) < 4.78 is 0. The molecule has 2 nitrogen and oxygen atoms in total. The van der Waals surface area contributed by atoms with Crippen molar-refractivity contribution in [2.24, 2.45) is 16.9 Å². The highest BCUT2D eigenvalue weighted by Crippen LogP contribution is 2.37. The molecule has 0 aromatic heterocycles. The van der Waals surface area contributed by atoms with Crippen molar-refractivity contribution in [1.82, 2.24) is 0 Å². The number of nitrogens with two attached hydrogens (primary N) is 2. The quantitative estimate of drug-likeness (QED) is 0.753. The second-order valence-electron chi connectivity index (χ2n) is 4.81. The molecule has 0 bridgehead atoms. The topological polar surface area (TPSA) is 52.0 Å². The van der Waals surface area contributed by atoms with Gasteiger partial charge in [0.2, 0.25) is 0 Å². The van der Waals surface area contributed by atoms with E-state index in [-0.39, 0.29) is 11.5 Å². The zero-order chi connectivity index (χ0) is 11.8. The van der Waals surface area contributed by atoms with Gasteiger partial charge in [-0.1, -0.05) is 50.3 Å². The van der Waals surface area contributed by atoms with E-state index in [1.165, 1.54) is 5.56 Å². The summed E-state index contributed by atoms with van der Waals surface area (Å²) in [6, 6.07) is 10.2. The molecule has 2 rings (SSSR count). The van der Waals surface area contributed by atoms with Crippen molar-refractivity contribution in [1.29, 1.82) is 0 Å². The maximum absolute atomic E-state index is 6.29. The molecule has 0 saturated carbocycles. The van der Waals surface area contributed by atoms with E-state index in [1.54, 1.807) is 0 Å². The molecule has 0 heterocycles. The molecule has 1 unspecified atom stereocenters. The van der Waals surface area contributed by atoms with Gasteiger partial charge in [-0.05, 0) is 17.2 Å². The lowest BCUT2D eigenvalue weighted by Crippen LogP contribution is -2.43. The van der Waals surface area contributed by atoms with E-state index in [9.17, 15) is 0 Å². The zero-order valence-electron chi connectivity index (χ0n) is 9.77. The first-order valence-corrected chi connectivity index (χ1v) is 5.52. The van der Waals surface area contributed by atoms with Crippen LogP contribution < -0.4 is 11.5 Å². The lowest BCUT2D eigenvalue weighted by Gasteiger charge is -2.36. The Morgan fingerprint density at radius 3 is 2.31 bits per heavy atom. The molecule has 0 aliphatic heterocycles. The summed E-state index contributed by atoms with van der Waals surface area (Å²) in [5, 5.41) is 0. The third-order valence-corrected chi connectivity index (χ3v) is 3.41. The van der Waals surface area contributed by atoms with Crippen LogP contribution in [0.5, 0.6) is 0 Å². The summed E-state index contributed by atoms with van der Waals surface area (Å²) in [5.41, 5.74) is 15.3. The number of hydrogen-bond acceptors (Lipinski definition) is 2. The second-order valence-corrected chi connectivity index (χ2v) is 4.81. The van der Waals surface area contributed by atoms with E-state index in [0.29, 0.717) is 0 Å². The van der Waals surface area contributed by atoms with Crippen LogP contribution in [0.25, 0.3) is 5.57 Å². The maximum Gasteiger partial charge on any atom is 0.0407 e. The molecule has 0 saturated heterocycles. The van der Waals surface area contributed by atoms with Crippen LogP contribution in [0.3, 0.4) is 0 Å². The molecule has 1 aliphatic carbocycles. The normalized spacial score (nSPS) is 23.6. The molecule has 1 aliphatic rings. The Morgan fingerprint density at radius 2 is 1.69 bits per heavy atom. The van der Waals surface area contributed by atoms with Crippen LogP contribution in [0.2, 0.25) is 0 Å². The average Bonchev–Trinajstić information content (AvgIpc) is 2.28. The van der Waals surface area contributed by atoms with Crippen LogP contribution in [0, 0.1) is 5.41 Å². The van der Waals surface area contributed by atoms with Gasteiger partial charge in [0.1, 0.15) is 0 Å². The fourth-order valence-electron chi connectivity index (χ4n) is 1.97. The van der Waals surface area contributed by atoms with Gasteiger partial charge in [-0.2, -0.15) is 0 Å². The van der Waals surface area contributed by atoms with Gasteiger partial charge in [0.25, 0.3) is 0 Å². The molecule has 1 atom stereocenters. The SMILES string of the molecule is CC1(C)C(N)=CC=C(c2ccccc2)C1N. The third-order valence-electron chi connectivity index (χ3n) is 3.41. The van der Waals surface area contributed by atoms with Crippen LogP contribution in [0.1, 0.15) is 19.4 Å². The first-order valence-electron chi connectivity index (χ1n) is 5.52. The number of allylic oxidation sites excluding steroid dienone is 2. The summed E-state index contributed by atoms with van der Waals surface area (Å²) >= 11 is 0. The van der Waals surface area contributed by atoms with E-state index in [1.807, 2.05) is 30.4 Å². The first-order chi connectivity index (χ1) is 7.53. The molecule has 0 radical (unpaired) electrons. The minimum absolute atomic E-state index is 0.0556. The molecule has 1 aromatic rings. The Bertz CT molecular complexity index is 441. The van der Waals surface area contributed by atoms with Crippen LogP contribution in [0.4, 0.5) is 0 Å². The minimum atomic E-state index is -0.181. The molecule has 84 valence electrons. The Balaban J connectivity index is 2.45. The molecule has 0 fully saturated rings. The van der Waals surface area contributed by atoms with Gasteiger partial charge < -0.3 is 11.5 Å². The molecule has 4 N–H and O–H groups in total. The Kier molecular flexibility index (Phi) is 2.60. The van der Waals surface area contributed by atoms with Crippen LogP contribution in [-0.2, 0) is 0 Å². The van der Waals surface area contributed by atoms with Gasteiger partial charge >= 0.3 is 0 Å². The summed E-state index contributed by atoms with van der Waals surface area (Å²) in [5.74, 6) is 0. The van der Waals surface area contributed by atoms with E-state index in [0.717, 1.165) is 11.3 Å². The monoisotopic (exact) mass is 214 g/mol. The zero-order valence-corrected chi connectivity index (χ0v) is 9.77. The van der Waals surface area contributed by atoms with E-state index >= 15 is 0 Å². The average molecular weight is 214 g/mol.